The van der Waals surface area contributed by atoms with Crippen molar-refractivity contribution in [2.45, 2.75) is 44.6 Å². The monoisotopic (exact) mass is 469 g/mol. The molecule has 2 amide bonds. The van der Waals surface area contributed by atoms with Gasteiger partial charge in [-0.15, -0.1) is 0 Å². The molecule has 5 nitrogen and oxygen atoms in total. The predicted molar refractivity (Wildman–Crippen MR) is 126 cm³/mol. The normalized spacial score (nSPS) is 21.6. The van der Waals surface area contributed by atoms with Crippen molar-refractivity contribution in [2.24, 2.45) is 5.41 Å². The Hall–Kier alpha value is -2.44. The predicted octanol–water partition coefficient (Wildman–Crippen LogP) is 4.50. The summed E-state index contributed by atoms with van der Waals surface area (Å²) < 4.78 is 14.2. The number of benzene rings is 2. The number of halogens is 2. The third-order valence-corrected chi connectivity index (χ3v) is 8.06. The van der Waals surface area contributed by atoms with E-state index in [9.17, 15) is 14.0 Å². The first kappa shape index (κ1) is 22.4. The van der Waals surface area contributed by atoms with Crippen LogP contribution in [-0.4, -0.2) is 42.9 Å². The summed E-state index contributed by atoms with van der Waals surface area (Å²) in [5.74, 6) is -1.12. The van der Waals surface area contributed by atoms with E-state index < -0.39 is 11.7 Å². The molecule has 1 unspecified atom stereocenters. The van der Waals surface area contributed by atoms with Crippen LogP contribution in [-0.2, 0) is 6.42 Å². The Morgan fingerprint density at radius 1 is 1.09 bits per heavy atom. The fraction of sp³-hybridized carbons (Fsp3) is 0.462. The quantitative estimate of drug-likeness (QED) is 0.695. The van der Waals surface area contributed by atoms with Crippen molar-refractivity contribution in [3.63, 3.8) is 0 Å². The molecule has 2 heterocycles. The molecule has 174 valence electrons. The lowest BCUT2D eigenvalue weighted by atomic mass is 9.71. The molecule has 33 heavy (non-hydrogen) atoms. The molecule has 2 saturated heterocycles. The third-order valence-electron chi connectivity index (χ3n) is 7.74. The Balaban J connectivity index is 1.29. The zero-order chi connectivity index (χ0) is 23.0. The molecule has 2 aliphatic heterocycles. The second-order valence-corrected chi connectivity index (χ2v) is 10.0. The van der Waals surface area contributed by atoms with Gasteiger partial charge in [-0.3, -0.25) is 9.59 Å². The van der Waals surface area contributed by atoms with Gasteiger partial charge < -0.3 is 15.5 Å². The fourth-order valence-corrected chi connectivity index (χ4v) is 5.90. The number of nitrogens with one attached hydrogen (secondary N) is 2. The van der Waals surface area contributed by atoms with Crippen molar-refractivity contribution >= 4 is 23.4 Å². The van der Waals surface area contributed by atoms with Crippen molar-refractivity contribution in [2.75, 3.05) is 26.2 Å². The number of aryl methyl sites for hydroxylation is 1. The van der Waals surface area contributed by atoms with E-state index in [4.69, 9.17) is 11.6 Å². The number of carbonyl (C=O) groups excluding carboxylic acids is 2. The Labute approximate surface area is 198 Å². The summed E-state index contributed by atoms with van der Waals surface area (Å²) >= 11 is 6.06. The lowest BCUT2D eigenvalue weighted by molar-refractivity contribution is 0.0495. The van der Waals surface area contributed by atoms with Gasteiger partial charge in [0.05, 0.1) is 16.6 Å². The van der Waals surface area contributed by atoms with Crippen molar-refractivity contribution in [3.05, 3.63) is 69.5 Å². The third kappa shape index (κ3) is 4.38. The number of amides is 2. The summed E-state index contributed by atoms with van der Waals surface area (Å²) in [7, 11) is 0. The van der Waals surface area contributed by atoms with E-state index in [1.54, 1.807) is 0 Å². The maximum atomic E-state index is 14.2. The highest BCUT2D eigenvalue weighted by Crippen LogP contribution is 2.40. The Morgan fingerprint density at radius 3 is 2.58 bits per heavy atom. The van der Waals surface area contributed by atoms with Gasteiger partial charge in [0, 0.05) is 18.7 Å². The average molecular weight is 470 g/mol. The standard InChI is InChI=1S/C26H29ClFN3O2/c27-20-2-1-3-21(28)23(20)24(32)30-22-7-6-17-4-5-18(16-19(17)22)25(33)31-14-10-26(11-15-31)8-12-29-13-9-26/h1-5,16,22,29H,6-15H2,(H,30,32). The topological polar surface area (TPSA) is 61.4 Å². The SMILES string of the molecule is O=C(NC1CCc2ccc(C(=O)N3CCC4(CCNCC4)CC3)cc21)c1c(F)cccc1Cl. The van der Waals surface area contributed by atoms with Crippen LogP contribution >= 0.6 is 11.6 Å². The number of rotatable bonds is 3. The van der Waals surface area contributed by atoms with E-state index in [1.165, 1.54) is 31.0 Å². The molecule has 0 radical (unpaired) electrons. The molecular formula is C26H29ClFN3O2. The molecule has 7 heteroatoms. The minimum absolute atomic E-state index is 0.0516. The fourth-order valence-electron chi connectivity index (χ4n) is 5.65. The second kappa shape index (κ2) is 9.07. The van der Waals surface area contributed by atoms with Crippen molar-refractivity contribution in [3.8, 4) is 0 Å². The lowest BCUT2D eigenvalue weighted by Gasteiger charge is -2.44. The van der Waals surface area contributed by atoms with Gasteiger partial charge >= 0.3 is 0 Å². The van der Waals surface area contributed by atoms with E-state index in [0.29, 0.717) is 17.4 Å². The molecule has 3 aliphatic rings. The van der Waals surface area contributed by atoms with Crippen molar-refractivity contribution in [1.82, 2.24) is 15.5 Å². The molecule has 2 aromatic carbocycles. The highest BCUT2D eigenvalue weighted by molar-refractivity contribution is 6.33. The summed E-state index contributed by atoms with van der Waals surface area (Å²) in [6.45, 7) is 3.73. The lowest BCUT2D eigenvalue weighted by Crippen LogP contribution is -2.47. The highest BCUT2D eigenvalue weighted by Gasteiger charge is 2.37. The summed E-state index contributed by atoms with van der Waals surface area (Å²) in [5, 5.41) is 6.45. The zero-order valence-corrected chi connectivity index (χ0v) is 19.4. The van der Waals surface area contributed by atoms with E-state index in [-0.39, 0.29) is 22.5 Å². The van der Waals surface area contributed by atoms with Gasteiger partial charge in [0.2, 0.25) is 0 Å². The largest absolute Gasteiger partial charge is 0.345 e. The molecule has 5 rings (SSSR count). The van der Waals surface area contributed by atoms with Gasteiger partial charge in [-0.2, -0.15) is 0 Å². The minimum Gasteiger partial charge on any atom is -0.345 e. The first-order valence-electron chi connectivity index (χ1n) is 11.8. The molecule has 1 atom stereocenters. The van der Waals surface area contributed by atoms with E-state index in [2.05, 4.69) is 10.6 Å². The van der Waals surface area contributed by atoms with Crippen LogP contribution in [0.25, 0.3) is 0 Å². The van der Waals surface area contributed by atoms with Crippen LogP contribution in [0.3, 0.4) is 0 Å². The van der Waals surface area contributed by atoms with E-state index in [0.717, 1.165) is 56.6 Å². The number of hydrogen-bond acceptors (Lipinski definition) is 3. The van der Waals surface area contributed by atoms with Crippen LogP contribution in [0.5, 0.6) is 0 Å². The van der Waals surface area contributed by atoms with Gasteiger partial charge in [-0.05, 0) is 92.4 Å². The number of hydrogen-bond donors (Lipinski definition) is 2. The number of piperidine rings is 2. The van der Waals surface area contributed by atoms with Crippen LogP contribution in [0.4, 0.5) is 4.39 Å². The Morgan fingerprint density at radius 2 is 1.85 bits per heavy atom. The van der Waals surface area contributed by atoms with Crippen LogP contribution in [0.15, 0.2) is 36.4 Å². The van der Waals surface area contributed by atoms with Gasteiger partial charge in [0.1, 0.15) is 5.82 Å². The van der Waals surface area contributed by atoms with Gasteiger partial charge in [0.15, 0.2) is 0 Å². The van der Waals surface area contributed by atoms with Gasteiger partial charge in [0.25, 0.3) is 11.8 Å². The van der Waals surface area contributed by atoms with Crippen LogP contribution < -0.4 is 10.6 Å². The van der Waals surface area contributed by atoms with Crippen molar-refractivity contribution in [1.29, 1.82) is 0 Å². The number of fused-ring (bicyclic) bond motifs is 1. The summed E-state index contributed by atoms with van der Waals surface area (Å²) in [6, 6.07) is 9.74. The number of carbonyl (C=O) groups is 2. The van der Waals surface area contributed by atoms with Crippen LogP contribution in [0.1, 0.15) is 70.0 Å². The summed E-state index contributed by atoms with van der Waals surface area (Å²) in [6.07, 6.45) is 6.04. The molecule has 1 spiro atoms. The van der Waals surface area contributed by atoms with Crippen molar-refractivity contribution < 1.29 is 14.0 Å². The van der Waals surface area contributed by atoms with Crippen LogP contribution in [0, 0.1) is 11.2 Å². The molecule has 2 aromatic rings. The summed E-state index contributed by atoms with van der Waals surface area (Å²) in [4.78, 5) is 28.0. The average Bonchev–Trinajstić information content (AvgIpc) is 3.21. The number of nitrogens with zero attached hydrogens (tertiary/aromatic N) is 1. The summed E-state index contributed by atoms with van der Waals surface area (Å²) in [5.41, 5.74) is 2.96. The first-order chi connectivity index (χ1) is 16.0. The highest BCUT2D eigenvalue weighted by atomic mass is 35.5. The van der Waals surface area contributed by atoms with E-state index >= 15 is 0 Å². The minimum atomic E-state index is -0.640. The molecule has 0 saturated carbocycles. The molecule has 2 fully saturated rings. The zero-order valence-electron chi connectivity index (χ0n) is 18.6. The second-order valence-electron chi connectivity index (χ2n) is 9.62. The van der Waals surface area contributed by atoms with E-state index in [1.807, 2.05) is 23.1 Å². The molecule has 1 aliphatic carbocycles. The molecular weight excluding hydrogens is 441 g/mol. The number of likely N-dealkylation sites (tertiary alicyclic amines) is 1. The Bertz CT molecular complexity index is 1050. The van der Waals surface area contributed by atoms with Crippen LogP contribution in [0.2, 0.25) is 5.02 Å². The first-order valence-corrected chi connectivity index (χ1v) is 12.2. The molecule has 2 N–H and O–H groups in total. The maximum Gasteiger partial charge on any atom is 0.256 e. The molecule has 0 aromatic heterocycles. The van der Waals surface area contributed by atoms with Gasteiger partial charge in [-0.1, -0.05) is 23.7 Å². The Kier molecular flexibility index (Phi) is 6.14. The molecule has 0 bridgehead atoms. The van der Waals surface area contributed by atoms with Gasteiger partial charge in [-0.25, -0.2) is 4.39 Å². The smallest absolute Gasteiger partial charge is 0.256 e. The maximum absolute atomic E-state index is 14.2.